The number of ether oxygens (including phenoxy) is 1. The first-order valence-corrected chi connectivity index (χ1v) is 7.18. The van der Waals surface area contributed by atoms with Crippen molar-refractivity contribution in [2.75, 3.05) is 7.11 Å². The Kier molecular flexibility index (Phi) is 4.47. The predicted octanol–water partition coefficient (Wildman–Crippen LogP) is 2.59. The highest BCUT2D eigenvalue weighted by Crippen LogP contribution is 2.34. The Morgan fingerprint density at radius 2 is 2.00 bits per heavy atom. The molecule has 5 nitrogen and oxygen atoms in total. The largest absolute Gasteiger partial charge is 0.467 e. The first-order valence-electron chi connectivity index (χ1n) is 6.36. The average molecular weight is 305 g/mol. The Balaban J connectivity index is 2.30. The number of imide groups is 1. The van der Waals surface area contributed by atoms with Crippen molar-refractivity contribution in [3.63, 3.8) is 0 Å². The maximum absolute atomic E-state index is 12.3. The maximum Gasteiger partial charge on any atom is 0.328 e. The second-order valence-electron chi connectivity index (χ2n) is 4.61. The third-order valence-corrected chi connectivity index (χ3v) is 4.11. The van der Waals surface area contributed by atoms with Crippen molar-refractivity contribution < 1.29 is 19.1 Å². The second-order valence-corrected chi connectivity index (χ2v) is 5.60. The van der Waals surface area contributed by atoms with Gasteiger partial charge in [-0.25, -0.2) is 4.79 Å². The van der Waals surface area contributed by atoms with Crippen molar-refractivity contribution in [1.29, 1.82) is 0 Å². The number of carbonyl (C=O) groups is 3. The van der Waals surface area contributed by atoms with Crippen LogP contribution in [0.4, 0.5) is 4.79 Å². The summed E-state index contributed by atoms with van der Waals surface area (Å²) in [4.78, 5) is 37.0. The fraction of sp³-hybridized carbons (Fsp3) is 0.267. The zero-order valence-corrected chi connectivity index (χ0v) is 12.8. The molecule has 1 aliphatic rings. The Morgan fingerprint density at radius 1 is 1.33 bits per heavy atom. The molecule has 1 aromatic rings. The van der Waals surface area contributed by atoms with E-state index in [1.54, 1.807) is 6.08 Å². The van der Waals surface area contributed by atoms with E-state index in [2.05, 4.69) is 4.74 Å². The smallest absolute Gasteiger partial charge is 0.328 e. The molecule has 0 unspecified atom stereocenters. The van der Waals surface area contributed by atoms with Gasteiger partial charge in [-0.1, -0.05) is 24.3 Å². The molecular formula is C15H15NO4S. The molecule has 0 radical (unpaired) electrons. The molecule has 21 heavy (non-hydrogen) atoms. The molecule has 0 saturated carbocycles. The lowest BCUT2D eigenvalue weighted by atomic mass is 10.1. The summed E-state index contributed by atoms with van der Waals surface area (Å²) < 4.78 is 4.58. The van der Waals surface area contributed by atoms with Gasteiger partial charge in [-0.2, -0.15) is 0 Å². The number of rotatable bonds is 3. The monoisotopic (exact) mass is 305 g/mol. The zero-order chi connectivity index (χ0) is 15.6. The van der Waals surface area contributed by atoms with E-state index in [0.717, 1.165) is 27.8 Å². The third-order valence-electron chi connectivity index (χ3n) is 3.23. The maximum atomic E-state index is 12.3. The fourth-order valence-corrected chi connectivity index (χ4v) is 2.88. The van der Waals surface area contributed by atoms with Gasteiger partial charge < -0.3 is 4.74 Å². The van der Waals surface area contributed by atoms with Gasteiger partial charge in [0.05, 0.1) is 12.0 Å². The minimum atomic E-state index is -0.926. The molecule has 0 N–H and O–H groups in total. The van der Waals surface area contributed by atoms with Crippen molar-refractivity contribution in [2.45, 2.75) is 19.9 Å². The molecule has 1 atom stereocenters. The summed E-state index contributed by atoms with van der Waals surface area (Å²) in [6.45, 7) is 3.39. The molecule has 1 aromatic carbocycles. The summed E-state index contributed by atoms with van der Waals surface area (Å²) in [5.74, 6) is -1.08. The lowest BCUT2D eigenvalue weighted by molar-refractivity contribution is -0.148. The molecule has 6 heteroatoms. The topological polar surface area (TPSA) is 63.7 Å². The van der Waals surface area contributed by atoms with Crippen LogP contribution in [0.15, 0.2) is 29.2 Å². The SMILES string of the molecule is COC(=O)[C@H](C)N1C(=O)S/C(=C/c2ccccc2C)C1=O. The van der Waals surface area contributed by atoms with E-state index in [-0.39, 0.29) is 0 Å². The van der Waals surface area contributed by atoms with Gasteiger partial charge in [0.15, 0.2) is 0 Å². The molecule has 2 rings (SSSR count). The molecule has 1 heterocycles. The molecule has 2 amide bonds. The number of aryl methyl sites for hydroxylation is 1. The van der Waals surface area contributed by atoms with Gasteiger partial charge in [-0.3, -0.25) is 14.5 Å². The average Bonchev–Trinajstić information content (AvgIpc) is 2.74. The number of carbonyl (C=O) groups excluding carboxylic acids is 3. The van der Waals surface area contributed by atoms with E-state index in [1.165, 1.54) is 14.0 Å². The van der Waals surface area contributed by atoms with Gasteiger partial charge in [0.25, 0.3) is 11.1 Å². The predicted molar refractivity (Wildman–Crippen MR) is 80.5 cm³/mol. The molecule has 1 fully saturated rings. The van der Waals surface area contributed by atoms with Gasteiger partial charge in [-0.15, -0.1) is 0 Å². The number of methoxy groups -OCH3 is 1. The lowest BCUT2D eigenvalue weighted by Crippen LogP contribution is -2.42. The van der Waals surface area contributed by atoms with Crippen molar-refractivity contribution in [2.24, 2.45) is 0 Å². The van der Waals surface area contributed by atoms with Crippen LogP contribution < -0.4 is 0 Å². The summed E-state index contributed by atoms with van der Waals surface area (Å²) >= 11 is 0.832. The number of hydrogen-bond acceptors (Lipinski definition) is 5. The number of hydrogen-bond donors (Lipinski definition) is 0. The first-order chi connectivity index (χ1) is 9.95. The van der Waals surface area contributed by atoms with Gasteiger partial charge in [0.1, 0.15) is 6.04 Å². The summed E-state index contributed by atoms with van der Waals surface area (Å²) in [7, 11) is 1.22. The quantitative estimate of drug-likeness (QED) is 0.634. The van der Waals surface area contributed by atoms with Crippen molar-refractivity contribution in [3.05, 3.63) is 40.3 Å². The molecule has 110 valence electrons. The third kappa shape index (κ3) is 3.00. The van der Waals surface area contributed by atoms with Gasteiger partial charge in [0, 0.05) is 0 Å². The van der Waals surface area contributed by atoms with Crippen LogP contribution in [0.1, 0.15) is 18.1 Å². The Labute approximate surface area is 127 Å². The summed E-state index contributed by atoms with van der Waals surface area (Å²) in [5.41, 5.74) is 1.87. The number of nitrogens with zero attached hydrogens (tertiary/aromatic N) is 1. The molecule has 0 aromatic heterocycles. The number of benzene rings is 1. The normalized spacial score (nSPS) is 18.2. The summed E-state index contributed by atoms with van der Waals surface area (Å²) in [5, 5.41) is -0.460. The molecular weight excluding hydrogens is 290 g/mol. The van der Waals surface area contributed by atoms with Crippen LogP contribution in [0, 0.1) is 6.92 Å². The van der Waals surface area contributed by atoms with Crippen molar-refractivity contribution in [3.8, 4) is 0 Å². The van der Waals surface area contributed by atoms with E-state index in [9.17, 15) is 14.4 Å². The van der Waals surface area contributed by atoms with Gasteiger partial charge in [-0.05, 0) is 42.8 Å². The highest BCUT2D eigenvalue weighted by atomic mass is 32.2. The molecule has 0 aliphatic carbocycles. The molecule has 0 spiro atoms. The van der Waals surface area contributed by atoms with E-state index in [4.69, 9.17) is 0 Å². The molecule has 1 saturated heterocycles. The zero-order valence-electron chi connectivity index (χ0n) is 12.0. The van der Waals surface area contributed by atoms with E-state index >= 15 is 0 Å². The van der Waals surface area contributed by atoms with Gasteiger partial charge >= 0.3 is 5.97 Å². The van der Waals surface area contributed by atoms with E-state index in [1.807, 2.05) is 31.2 Å². The van der Waals surface area contributed by atoms with Crippen LogP contribution >= 0.6 is 11.8 Å². The Bertz CT molecular complexity index is 638. The standard InChI is InChI=1S/C15H15NO4S/c1-9-6-4-5-7-11(9)8-12-13(17)16(15(19)21-12)10(2)14(18)20-3/h4-8,10H,1-3H3/b12-8+/t10-/m0/s1. The molecule has 0 bridgehead atoms. The molecule has 1 aliphatic heterocycles. The minimum Gasteiger partial charge on any atom is -0.467 e. The first kappa shape index (κ1) is 15.3. The van der Waals surface area contributed by atoms with Crippen LogP contribution in [0.25, 0.3) is 6.08 Å². The fourth-order valence-electron chi connectivity index (χ4n) is 1.98. The Morgan fingerprint density at radius 3 is 2.62 bits per heavy atom. The van der Waals surface area contributed by atoms with Crippen LogP contribution in [-0.4, -0.2) is 35.2 Å². The number of thioether (sulfide) groups is 1. The minimum absolute atomic E-state index is 0.310. The van der Waals surface area contributed by atoms with E-state index in [0.29, 0.717) is 4.91 Å². The van der Waals surface area contributed by atoms with Crippen LogP contribution in [0.5, 0.6) is 0 Å². The second kappa shape index (κ2) is 6.13. The summed E-state index contributed by atoms with van der Waals surface area (Å²) in [6.07, 6.45) is 1.67. The number of amides is 2. The van der Waals surface area contributed by atoms with Crippen molar-refractivity contribution in [1.82, 2.24) is 4.90 Å². The van der Waals surface area contributed by atoms with Crippen LogP contribution in [0.2, 0.25) is 0 Å². The van der Waals surface area contributed by atoms with Crippen molar-refractivity contribution >= 4 is 35.0 Å². The lowest BCUT2D eigenvalue weighted by Gasteiger charge is -2.18. The van der Waals surface area contributed by atoms with Gasteiger partial charge in [0.2, 0.25) is 0 Å². The van der Waals surface area contributed by atoms with E-state index < -0.39 is 23.2 Å². The Hall–Kier alpha value is -2.08. The van der Waals surface area contributed by atoms with Crippen LogP contribution in [-0.2, 0) is 14.3 Å². The highest BCUT2D eigenvalue weighted by Gasteiger charge is 2.41. The van der Waals surface area contributed by atoms with Crippen LogP contribution in [0.3, 0.4) is 0 Å². The highest BCUT2D eigenvalue weighted by molar-refractivity contribution is 8.18. The number of esters is 1. The summed E-state index contributed by atoms with van der Waals surface area (Å²) in [6, 6.07) is 6.63.